The number of amides is 2. The number of nitrogens with zero attached hydrogens (tertiary/aromatic N) is 2. The van der Waals surface area contributed by atoms with Crippen LogP contribution in [0, 0.1) is 13.8 Å². The number of nitrogens with one attached hydrogen (secondary N) is 1. The SMILES string of the molecule is Cc1ccc(NC(=O)C(=O)N2CCN(CCN)CC2)cc1C. The van der Waals surface area contributed by atoms with Crippen LogP contribution in [0.3, 0.4) is 0 Å². The van der Waals surface area contributed by atoms with Gasteiger partial charge in [-0.15, -0.1) is 0 Å². The summed E-state index contributed by atoms with van der Waals surface area (Å²) in [5.74, 6) is -1.04. The molecule has 120 valence electrons. The van der Waals surface area contributed by atoms with E-state index in [2.05, 4.69) is 10.2 Å². The molecule has 2 rings (SSSR count). The summed E-state index contributed by atoms with van der Waals surface area (Å²) >= 11 is 0. The van der Waals surface area contributed by atoms with E-state index in [0.29, 0.717) is 25.3 Å². The van der Waals surface area contributed by atoms with E-state index in [1.807, 2.05) is 32.0 Å². The van der Waals surface area contributed by atoms with Gasteiger partial charge in [-0.3, -0.25) is 14.5 Å². The summed E-state index contributed by atoms with van der Waals surface area (Å²) in [5, 5.41) is 2.68. The summed E-state index contributed by atoms with van der Waals surface area (Å²) in [7, 11) is 0. The highest BCUT2D eigenvalue weighted by Gasteiger charge is 2.25. The third-order valence-corrected chi connectivity index (χ3v) is 4.06. The molecule has 0 spiro atoms. The summed E-state index contributed by atoms with van der Waals surface area (Å²) in [6.07, 6.45) is 0. The molecule has 0 aromatic heterocycles. The summed E-state index contributed by atoms with van der Waals surface area (Å²) < 4.78 is 0. The van der Waals surface area contributed by atoms with Crippen LogP contribution in [0.5, 0.6) is 0 Å². The highest BCUT2D eigenvalue weighted by Crippen LogP contribution is 2.14. The highest BCUT2D eigenvalue weighted by atomic mass is 16.2. The molecule has 0 bridgehead atoms. The molecule has 1 aromatic carbocycles. The lowest BCUT2D eigenvalue weighted by Gasteiger charge is -2.34. The van der Waals surface area contributed by atoms with E-state index in [4.69, 9.17) is 5.73 Å². The monoisotopic (exact) mass is 304 g/mol. The summed E-state index contributed by atoms with van der Waals surface area (Å²) in [4.78, 5) is 28.1. The van der Waals surface area contributed by atoms with Gasteiger partial charge in [-0.25, -0.2) is 0 Å². The van der Waals surface area contributed by atoms with Crippen molar-refractivity contribution < 1.29 is 9.59 Å². The molecule has 0 unspecified atom stereocenters. The number of rotatable bonds is 3. The second-order valence-electron chi connectivity index (χ2n) is 5.68. The summed E-state index contributed by atoms with van der Waals surface area (Å²) in [6, 6.07) is 5.62. The van der Waals surface area contributed by atoms with Crippen molar-refractivity contribution in [3.05, 3.63) is 29.3 Å². The molecule has 1 aliphatic heterocycles. The molecule has 0 saturated carbocycles. The van der Waals surface area contributed by atoms with Gasteiger partial charge < -0.3 is 16.0 Å². The van der Waals surface area contributed by atoms with Crippen LogP contribution < -0.4 is 11.1 Å². The maximum atomic E-state index is 12.2. The third-order valence-electron chi connectivity index (χ3n) is 4.06. The molecular formula is C16H24N4O2. The van der Waals surface area contributed by atoms with Gasteiger partial charge in [0, 0.05) is 45.0 Å². The minimum atomic E-state index is -0.574. The Balaban J connectivity index is 1.90. The van der Waals surface area contributed by atoms with E-state index in [0.717, 1.165) is 30.8 Å². The first-order valence-corrected chi connectivity index (χ1v) is 7.61. The van der Waals surface area contributed by atoms with E-state index in [1.165, 1.54) is 0 Å². The van der Waals surface area contributed by atoms with Crippen LogP contribution in [0.2, 0.25) is 0 Å². The molecule has 1 fully saturated rings. The molecule has 22 heavy (non-hydrogen) atoms. The first-order valence-electron chi connectivity index (χ1n) is 7.61. The molecule has 0 aliphatic carbocycles. The molecule has 0 radical (unpaired) electrons. The fourth-order valence-corrected chi connectivity index (χ4v) is 2.50. The maximum Gasteiger partial charge on any atom is 0.313 e. The number of piperazine rings is 1. The first-order chi connectivity index (χ1) is 10.5. The number of benzene rings is 1. The van der Waals surface area contributed by atoms with Crippen LogP contribution in [0.15, 0.2) is 18.2 Å². The molecular weight excluding hydrogens is 280 g/mol. The number of anilines is 1. The molecule has 1 aromatic rings. The Morgan fingerprint density at radius 3 is 2.41 bits per heavy atom. The van der Waals surface area contributed by atoms with Crippen molar-refractivity contribution in [3.8, 4) is 0 Å². The van der Waals surface area contributed by atoms with Gasteiger partial charge in [-0.1, -0.05) is 6.07 Å². The van der Waals surface area contributed by atoms with Gasteiger partial charge in [0.05, 0.1) is 0 Å². The van der Waals surface area contributed by atoms with Crippen molar-refractivity contribution in [2.75, 3.05) is 44.6 Å². The lowest BCUT2D eigenvalue weighted by atomic mass is 10.1. The number of nitrogens with two attached hydrogens (primary N) is 1. The quantitative estimate of drug-likeness (QED) is 0.790. The van der Waals surface area contributed by atoms with Crippen LogP contribution >= 0.6 is 0 Å². The predicted octanol–water partition coefficient (Wildman–Crippen LogP) is 0.345. The van der Waals surface area contributed by atoms with Crippen molar-refractivity contribution in [1.29, 1.82) is 0 Å². The molecule has 0 atom stereocenters. The smallest absolute Gasteiger partial charge is 0.313 e. The summed E-state index contributed by atoms with van der Waals surface area (Å²) in [6.45, 7) is 8.09. The van der Waals surface area contributed by atoms with Crippen molar-refractivity contribution >= 4 is 17.5 Å². The van der Waals surface area contributed by atoms with Crippen LogP contribution in [-0.4, -0.2) is 60.9 Å². The fourth-order valence-electron chi connectivity index (χ4n) is 2.50. The van der Waals surface area contributed by atoms with E-state index in [1.54, 1.807) is 4.90 Å². The fraction of sp³-hybridized carbons (Fsp3) is 0.500. The second kappa shape index (κ2) is 7.38. The zero-order chi connectivity index (χ0) is 16.1. The van der Waals surface area contributed by atoms with E-state index >= 15 is 0 Å². The van der Waals surface area contributed by atoms with E-state index in [-0.39, 0.29) is 0 Å². The van der Waals surface area contributed by atoms with Gasteiger partial charge in [0.15, 0.2) is 0 Å². The Morgan fingerprint density at radius 1 is 1.14 bits per heavy atom. The zero-order valence-corrected chi connectivity index (χ0v) is 13.3. The Labute approximate surface area is 131 Å². The molecule has 1 aliphatic rings. The van der Waals surface area contributed by atoms with Crippen LogP contribution in [0.4, 0.5) is 5.69 Å². The number of hydrogen-bond donors (Lipinski definition) is 2. The number of hydrogen-bond acceptors (Lipinski definition) is 4. The third kappa shape index (κ3) is 4.05. The molecule has 6 heteroatoms. The number of carbonyl (C=O) groups excluding carboxylic acids is 2. The predicted molar refractivity (Wildman–Crippen MR) is 86.6 cm³/mol. The largest absolute Gasteiger partial charge is 0.332 e. The average Bonchev–Trinajstić information content (AvgIpc) is 2.51. The van der Waals surface area contributed by atoms with Gasteiger partial charge in [-0.05, 0) is 37.1 Å². The van der Waals surface area contributed by atoms with Gasteiger partial charge in [-0.2, -0.15) is 0 Å². The normalized spacial score (nSPS) is 15.7. The minimum absolute atomic E-state index is 0.467. The molecule has 6 nitrogen and oxygen atoms in total. The molecule has 2 amide bonds. The minimum Gasteiger partial charge on any atom is -0.332 e. The Bertz CT molecular complexity index is 551. The van der Waals surface area contributed by atoms with Gasteiger partial charge in [0.1, 0.15) is 0 Å². The van der Waals surface area contributed by atoms with Crippen LogP contribution in [0.1, 0.15) is 11.1 Å². The van der Waals surface area contributed by atoms with Gasteiger partial charge in [0.2, 0.25) is 0 Å². The van der Waals surface area contributed by atoms with E-state index in [9.17, 15) is 9.59 Å². The van der Waals surface area contributed by atoms with Gasteiger partial charge in [0.25, 0.3) is 0 Å². The van der Waals surface area contributed by atoms with Crippen molar-refractivity contribution in [1.82, 2.24) is 9.80 Å². The molecule has 1 saturated heterocycles. The van der Waals surface area contributed by atoms with Crippen molar-refractivity contribution in [3.63, 3.8) is 0 Å². The first kappa shape index (κ1) is 16.5. The lowest BCUT2D eigenvalue weighted by molar-refractivity contribution is -0.144. The highest BCUT2D eigenvalue weighted by molar-refractivity contribution is 6.39. The second-order valence-corrected chi connectivity index (χ2v) is 5.68. The number of aryl methyl sites for hydroxylation is 2. The molecule has 1 heterocycles. The zero-order valence-electron chi connectivity index (χ0n) is 13.3. The van der Waals surface area contributed by atoms with Crippen LogP contribution in [0.25, 0.3) is 0 Å². The van der Waals surface area contributed by atoms with E-state index < -0.39 is 11.8 Å². The van der Waals surface area contributed by atoms with Crippen molar-refractivity contribution in [2.45, 2.75) is 13.8 Å². The Kier molecular flexibility index (Phi) is 5.51. The Morgan fingerprint density at radius 2 is 1.82 bits per heavy atom. The van der Waals surface area contributed by atoms with Crippen molar-refractivity contribution in [2.24, 2.45) is 5.73 Å². The number of carbonyl (C=O) groups is 2. The summed E-state index contributed by atoms with van der Waals surface area (Å²) in [5.41, 5.74) is 8.42. The maximum absolute atomic E-state index is 12.2. The average molecular weight is 304 g/mol. The standard InChI is InChI=1S/C16H24N4O2/c1-12-3-4-14(11-13(12)2)18-15(21)16(22)20-9-7-19(6-5-17)8-10-20/h3-4,11H,5-10,17H2,1-2H3,(H,18,21). The topological polar surface area (TPSA) is 78.7 Å². The van der Waals surface area contributed by atoms with Gasteiger partial charge >= 0.3 is 11.8 Å². The van der Waals surface area contributed by atoms with Crippen LogP contribution in [-0.2, 0) is 9.59 Å². The Hall–Kier alpha value is -1.92. The molecule has 3 N–H and O–H groups in total. The lowest BCUT2D eigenvalue weighted by Crippen LogP contribution is -2.52.